The van der Waals surface area contributed by atoms with Crippen molar-refractivity contribution >= 4 is 24.3 Å². The molecule has 1 aliphatic carbocycles. The van der Waals surface area contributed by atoms with Gasteiger partial charge in [0.25, 0.3) is 0 Å². The van der Waals surface area contributed by atoms with Crippen LogP contribution in [-0.4, -0.2) is 36.4 Å². The van der Waals surface area contributed by atoms with Gasteiger partial charge in [-0.15, -0.1) is 0 Å². The van der Waals surface area contributed by atoms with Crippen molar-refractivity contribution in [2.45, 2.75) is 34.2 Å². The van der Waals surface area contributed by atoms with E-state index in [1.807, 2.05) is 0 Å². The molecule has 0 amide bonds. The second-order valence-corrected chi connectivity index (χ2v) is 20.8. The molecule has 3 heteroatoms. The standard InChI is InChI=1S/C10H12NO.3CH3.Sn/c1-10(2)7-12-9(11-10)8-5-3-4-6-8;;;;/h3-5,8H,7H2,1-2H3;3*1H3;. The van der Waals surface area contributed by atoms with Crippen molar-refractivity contribution in [1.29, 1.82) is 0 Å². The van der Waals surface area contributed by atoms with Gasteiger partial charge in [0.05, 0.1) is 0 Å². The average molecular weight is 326 g/mol. The number of rotatable bonds is 2. The van der Waals surface area contributed by atoms with Gasteiger partial charge in [0, 0.05) is 0 Å². The minimum absolute atomic E-state index is 0.0374. The summed E-state index contributed by atoms with van der Waals surface area (Å²) < 4.78 is 7.37. The van der Waals surface area contributed by atoms with Crippen LogP contribution in [0, 0.1) is 5.92 Å². The van der Waals surface area contributed by atoms with Crippen LogP contribution in [0.15, 0.2) is 26.8 Å². The molecule has 0 saturated heterocycles. The first-order chi connectivity index (χ1) is 7.30. The van der Waals surface area contributed by atoms with Crippen LogP contribution < -0.4 is 0 Å². The van der Waals surface area contributed by atoms with Crippen molar-refractivity contribution in [2.24, 2.45) is 10.9 Å². The summed E-state index contributed by atoms with van der Waals surface area (Å²) in [5.41, 5.74) is -0.0374. The van der Waals surface area contributed by atoms with E-state index in [-0.39, 0.29) is 5.54 Å². The number of ether oxygens (including phenoxy) is 1. The van der Waals surface area contributed by atoms with Crippen LogP contribution in [0.2, 0.25) is 14.8 Å². The van der Waals surface area contributed by atoms with Crippen LogP contribution in [0.4, 0.5) is 0 Å². The van der Waals surface area contributed by atoms with E-state index in [0.29, 0.717) is 5.92 Å². The molecule has 2 aliphatic rings. The molecule has 0 aromatic rings. The first-order valence-electron chi connectivity index (χ1n) is 5.91. The molecular formula is C13H21NOSn. The van der Waals surface area contributed by atoms with Crippen molar-refractivity contribution in [3.05, 3.63) is 21.8 Å². The molecule has 1 unspecified atom stereocenters. The number of nitrogens with zero attached hydrogens (tertiary/aromatic N) is 1. The third kappa shape index (κ3) is 2.36. The minimum atomic E-state index is -2.00. The molecule has 16 heavy (non-hydrogen) atoms. The Balaban J connectivity index is 2.24. The van der Waals surface area contributed by atoms with Crippen molar-refractivity contribution in [1.82, 2.24) is 0 Å². The maximum absolute atomic E-state index is 5.77. The number of aliphatic imine (C=N–C) groups is 1. The third-order valence-corrected chi connectivity index (χ3v) is 9.34. The van der Waals surface area contributed by atoms with E-state index in [1.54, 1.807) is 3.59 Å². The Bertz CT molecular complexity index is 385. The van der Waals surface area contributed by atoms with Gasteiger partial charge in [0.15, 0.2) is 0 Å². The first kappa shape index (κ1) is 12.2. The van der Waals surface area contributed by atoms with Gasteiger partial charge in [0.1, 0.15) is 0 Å². The molecule has 0 aromatic carbocycles. The monoisotopic (exact) mass is 327 g/mol. The molecular weight excluding hydrogens is 305 g/mol. The summed E-state index contributed by atoms with van der Waals surface area (Å²) in [6.45, 7) is 4.98. The summed E-state index contributed by atoms with van der Waals surface area (Å²) in [7, 11) is 0. The molecule has 0 radical (unpaired) electrons. The number of hydrogen-bond acceptors (Lipinski definition) is 2. The molecule has 1 aliphatic heterocycles. The predicted molar refractivity (Wildman–Crippen MR) is 71.5 cm³/mol. The first-order valence-corrected chi connectivity index (χ1v) is 15.9. The van der Waals surface area contributed by atoms with Crippen molar-refractivity contribution < 1.29 is 4.74 Å². The molecule has 0 fully saturated rings. The quantitative estimate of drug-likeness (QED) is 0.714. The Labute approximate surface area is 102 Å². The van der Waals surface area contributed by atoms with Gasteiger partial charge < -0.3 is 0 Å². The third-order valence-electron chi connectivity index (χ3n) is 3.03. The van der Waals surface area contributed by atoms with Gasteiger partial charge in [-0.3, -0.25) is 0 Å². The van der Waals surface area contributed by atoms with Gasteiger partial charge in [0.2, 0.25) is 0 Å². The molecule has 88 valence electrons. The van der Waals surface area contributed by atoms with E-state index in [9.17, 15) is 0 Å². The summed E-state index contributed by atoms with van der Waals surface area (Å²) in [6, 6.07) is 0. The van der Waals surface area contributed by atoms with Crippen LogP contribution in [-0.2, 0) is 4.74 Å². The Hall–Kier alpha value is -0.251. The summed E-state index contributed by atoms with van der Waals surface area (Å²) in [4.78, 5) is 12.0. The van der Waals surface area contributed by atoms with E-state index < -0.39 is 18.4 Å². The van der Waals surface area contributed by atoms with Crippen LogP contribution in [0.5, 0.6) is 0 Å². The van der Waals surface area contributed by atoms with E-state index in [4.69, 9.17) is 9.73 Å². The topological polar surface area (TPSA) is 21.6 Å². The normalized spacial score (nSPS) is 27.7. The molecule has 0 spiro atoms. The number of hydrogen-bond donors (Lipinski definition) is 0. The Morgan fingerprint density at radius 2 is 2.06 bits per heavy atom. The summed E-state index contributed by atoms with van der Waals surface area (Å²) in [6.07, 6.45) is 6.69. The summed E-state index contributed by atoms with van der Waals surface area (Å²) in [5.74, 6) is 1.29. The molecule has 1 atom stereocenters. The SMILES string of the molecule is CC1(C)COC(C2C=CC=[C]2[Sn]([CH3])([CH3])[CH3])=N1. The second-order valence-electron chi connectivity index (χ2n) is 6.29. The van der Waals surface area contributed by atoms with Crippen LogP contribution in [0.1, 0.15) is 13.8 Å². The molecule has 0 saturated carbocycles. The zero-order valence-electron chi connectivity index (χ0n) is 10.9. The fraction of sp³-hybridized carbons (Fsp3) is 0.615. The van der Waals surface area contributed by atoms with Gasteiger partial charge in [-0.05, 0) is 0 Å². The van der Waals surface area contributed by atoms with Crippen molar-refractivity contribution in [3.63, 3.8) is 0 Å². The zero-order chi connectivity index (χ0) is 12.0. The van der Waals surface area contributed by atoms with Crippen LogP contribution in [0.25, 0.3) is 0 Å². The van der Waals surface area contributed by atoms with Gasteiger partial charge in [-0.25, -0.2) is 0 Å². The number of allylic oxidation sites excluding steroid dienone is 2. The molecule has 0 N–H and O–H groups in total. The van der Waals surface area contributed by atoms with E-state index in [1.165, 1.54) is 0 Å². The predicted octanol–water partition coefficient (Wildman–Crippen LogP) is 3.18. The zero-order valence-corrected chi connectivity index (χ0v) is 13.7. The molecule has 2 rings (SSSR count). The Kier molecular flexibility index (Phi) is 2.97. The molecule has 0 bridgehead atoms. The van der Waals surface area contributed by atoms with Crippen molar-refractivity contribution in [3.8, 4) is 0 Å². The van der Waals surface area contributed by atoms with Crippen LogP contribution in [0.3, 0.4) is 0 Å². The Morgan fingerprint density at radius 3 is 2.56 bits per heavy atom. The molecule has 0 aromatic heterocycles. The maximum atomic E-state index is 5.77. The fourth-order valence-corrected chi connectivity index (χ4v) is 7.17. The molecule has 1 heterocycles. The van der Waals surface area contributed by atoms with Crippen LogP contribution >= 0.6 is 0 Å². The van der Waals surface area contributed by atoms with Gasteiger partial charge in [-0.2, -0.15) is 0 Å². The summed E-state index contributed by atoms with van der Waals surface area (Å²) in [5, 5.41) is 0. The summed E-state index contributed by atoms with van der Waals surface area (Å²) >= 11 is -2.00. The average Bonchev–Trinajstić information content (AvgIpc) is 2.68. The van der Waals surface area contributed by atoms with E-state index in [2.05, 4.69) is 46.9 Å². The second kappa shape index (κ2) is 3.90. The van der Waals surface area contributed by atoms with E-state index in [0.717, 1.165) is 12.5 Å². The van der Waals surface area contributed by atoms with Crippen molar-refractivity contribution in [2.75, 3.05) is 6.61 Å². The van der Waals surface area contributed by atoms with E-state index >= 15 is 0 Å². The fourth-order valence-electron chi connectivity index (χ4n) is 2.18. The Morgan fingerprint density at radius 1 is 1.38 bits per heavy atom. The van der Waals surface area contributed by atoms with Gasteiger partial charge in [-0.1, -0.05) is 0 Å². The molecule has 2 nitrogen and oxygen atoms in total. The van der Waals surface area contributed by atoms with Gasteiger partial charge >= 0.3 is 103 Å².